The molecule has 2 aromatic rings. The van der Waals surface area contributed by atoms with Gasteiger partial charge in [-0.2, -0.15) is 0 Å². The van der Waals surface area contributed by atoms with Gasteiger partial charge in [-0.1, -0.05) is 45.9 Å². The third kappa shape index (κ3) is 5.21. The zero-order chi connectivity index (χ0) is 24.2. The number of rotatable bonds is 6. The summed E-state index contributed by atoms with van der Waals surface area (Å²) in [5.41, 5.74) is 5.43. The summed E-state index contributed by atoms with van der Waals surface area (Å²) in [6, 6.07) is 11.7. The molecule has 0 atom stereocenters. The molecular weight excluding hydrogens is 424 g/mol. The van der Waals surface area contributed by atoms with E-state index in [1.165, 1.54) is 0 Å². The molecule has 2 aliphatic heterocycles. The topological polar surface area (TPSA) is 64.7 Å². The van der Waals surface area contributed by atoms with Crippen LogP contribution in [0.1, 0.15) is 86.7 Å². The van der Waals surface area contributed by atoms with Crippen molar-refractivity contribution in [3.05, 3.63) is 53.1 Å². The Morgan fingerprint density at radius 1 is 0.794 bits per heavy atom. The Balaban J connectivity index is 1.59. The molecule has 0 spiro atoms. The summed E-state index contributed by atoms with van der Waals surface area (Å²) < 4.78 is 0. The molecule has 0 saturated carbocycles. The number of urea groups is 1. The fourth-order valence-electron chi connectivity index (χ4n) is 5.08. The zero-order valence-corrected chi connectivity index (χ0v) is 21.0. The average Bonchev–Trinajstić information content (AvgIpc) is 3.53. The lowest BCUT2D eigenvalue weighted by Gasteiger charge is -2.24. The number of likely N-dealkylation sites (tertiary alicyclic amines) is 1. The van der Waals surface area contributed by atoms with Crippen LogP contribution in [-0.4, -0.2) is 43.0 Å². The second kappa shape index (κ2) is 10.5. The van der Waals surface area contributed by atoms with Crippen molar-refractivity contribution in [3.8, 4) is 0 Å². The number of para-hydroxylation sites is 1. The molecule has 0 aliphatic carbocycles. The zero-order valence-electron chi connectivity index (χ0n) is 21.0. The molecule has 2 N–H and O–H groups in total. The number of anilines is 3. The Labute approximate surface area is 203 Å². The molecule has 182 valence electrons. The van der Waals surface area contributed by atoms with Crippen molar-refractivity contribution < 1.29 is 9.59 Å². The smallest absolute Gasteiger partial charge is 0.323 e. The lowest BCUT2D eigenvalue weighted by Crippen LogP contribution is -2.30. The molecule has 2 aliphatic rings. The lowest BCUT2D eigenvalue weighted by molar-refractivity contribution is 0.0793. The van der Waals surface area contributed by atoms with Gasteiger partial charge in [-0.25, -0.2) is 4.79 Å². The first-order chi connectivity index (χ1) is 16.3. The molecule has 0 aromatic heterocycles. The van der Waals surface area contributed by atoms with Gasteiger partial charge in [-0.05, 0) is 66.8 Å². The maximum Gasteiger partial charge on any atom is 0.323 e. The maximum absolute atomic E-state index is 13.4. The minimum Gasteiger partial charge on any atom is -0.371 e. The third-order valence-corrected chi connectivity index (χ3v) is 6.94. The number of carbonyl (C=O) groups is 2. The van der Waals surface area contributed by atoms with E-state index in [0.717, 1.165) is 74.4 Å². The Morgan fingerprint density at radius 2 is 1.38 bits per heavy atom. The fraction of sp³-hybridized carbons (Fsp3) is 0.500. The minimum absolute atomic E-state index is 0.0655. The van der Waals surface area contributed by atoms with Gasteiger partial charge >= 0.3 is 6.03 Å². The minimum atomic E-state index is -0.288. The maximum atomic E-state index is 13.4. The summed E-state index contributed by atoms with van der Waals surface area (Å²) in [6.45, 7) is 12.1. The Morgan fingerprint density at radius 3 is 1.97 bits per heavy atom. The largest absolute Gasteiger partial charge is 0.371 e. The van der Waals surface area contributed by atoms with Crippen LogP contribution in [-0.2, 0) is 0 Å². The summed E-state index contributed by atoms with van der Waals surface area (Å²) in [7, 11) is 0. The van der Waals surface area contributed by atoms with Crippen LogP contribution in [0.5, 0.6) is 0 Å². The third-order valence-electron chi connectivity index (χ3n) is 6.94. The molecule has 4 rings (SSSR count). The van der Waals surface area contributed by atoms with Crippen molar-refractivity contribution in [1.29, 1.82) is 0 Å². The standard InChI is InChI=1S/C28H38N4O2/c1-19(2)22-10-9-11-23(20(3)4)26(22)30-28(34)29-21-12-13-25(31-14-5-6-15-31)24(18-21)27(33)32-16-7-8-17-32/h9-13,18-20H,5-8,14-17H2,1-4H3,(H2,29,30,34). The number of hydrogen-bond acceptors (Lipinski definition) is 3. The van der Waals surface area contributed by atoms with Crippen molar-refractivity contribution in [2.45, 2.75) is 65.2 Å². The first-order valence-corrected chi connectivity index (χ1v) is 12.7. The summed E-state index contributed by atoms with van der Waals surface area (Å²) >= 11 is 0. The second-order valence-corrected chi connectivity index (χ2v) is 10.1. The SMILES string of the molecule is CC(C)c1cccc(C(C)C)c1NC(=O)Nc1ccc(N2CCCC2)c(C(=O)N2CCCC2)c1. The van der Waals surface area contributed by atoms with Crippen molar-refractivity contribution in [3.63, 3.8) is 0 Å². The van der Waals surface area contributed by atoms with Crippen LogP contribution in [0, 0.1) is 0 Å². The predicted octanol–water partition coefficient (Wildman–Crippen LogP) is 6.41. The van der Waals surface area contributed by atoms with Gasteiger partial charge in [0.25, 0.3) is 5.91 Å². The normalized spacial score (nSPS) is 15.9. The molecule has 6 heteroatoms. The second-order valence-electron chi connectivity index (χ2n) is 10.1. The van der Waals surface area contributed by atoms with E-state index >= 15 is 0 Å². The quantitative estimate of drug-likeness (QED) is 0.521. The van der Waals surface area contributed by atoms with Crippen LogP contribution < -0.4 is 15.5 Å². The van der Waals surface area contributed by atoms with E-state index in [2.05, 4.69) is 61.4 Å². The summed E-state index contributed by atoms with van der Waals surface area (Å²) in [5.74, 6) is 0.646. The molecule has 3 amide bonds. The van der Waals surface area contributed by atoms with Crippen molar-refractivity contribution in [2.75, 3.05) is 41.7 Å². The van der Waals surface area contributed by atoms with Gasteiger partial charge in [0.05, 0.1) is 5.56 Å². The van der Waals surface area contributed by atoms with Crippen LogP contribution in [0.3, 0.4) is 0 Å². The van der Waals surface area contributed by atoms with E-state index in [0.29, 0.717) is 23.1 Å². The Bertz CT molecular complexity index is 1010. The van der Waals surface area contributed by atoms with E-state index in [1.807, 2.05) is 23.1 Å². The first-order valence-electron chi connectivity index (χ1n) is 12.7. The number of nitrogens with one attached hydrogen (secondary N) is 2. The number of carbonyl (C=O) groups excluding carboxylic acids is 2. The first kappa shape index (κ1) is 24.1. The predicted molar refractivity (Wildman–Crippen MR) is 140 cm³/mol. The van der Waals surface area contributed by atoms with E-state index in [-0.39, 0.29) is 11.9 Å². The molecule has 6 nitrogen and oxygen atoms in total. The van der Waals surface area contributed by atoms with Crippen LogP contribution >= 0.6 is 0 Å². The number of nitrogens with zero attached hydrogens (tertiary/aromatic N) is 2. The van der Waals surface area contributed by atoms with E-state index in [9.17, 15) is 9.59 Å². The van der Waals surface area contributed by atoms with E-state index in [1.54, 1.807) is 0 Å². The van der Waals surface area contributed by atoms with Gasteiger partial charge in [0.2, 0.25) is 0 Å². The molecule has 0 bridgehead atoms. The summed E-state index contributed by atoms with van der Waals surface area (Å²) in [6.07, 6.45) is 4.40. The Hall–Kier alpha value is -3.02. The van der Waals surface area contributed by atoms with Crippen molar-refractivity contribution in [2.24, 2.45) is 0 Å². The van der Waals surface area contributed by atoms with Crippen LogP contribution in [0.25, 0.3) is 0 Å². The van der Waals surface area contributed by atoms with Crippen LogP contribution in [0.2, 0.25) is 0 Å². The summed E-state index contributed by atoms with van der Waals surface area (Å²) in [4.78, 5) is 30.7. The van der Waals surface area contributed by atoms with E-state index in [4.69, 9.17) is 0 Å². The van der Waals surface area contributed by atoms with Gasteiger partial charge in [-0.3, -0.25) is 4.79 Å². The molecule has 2 saturated heterocycles. The Kier molecular flexibility index (Phi) is 7.44. The van der Waals surface area contributed by atoms with Crippen molar-refractivity contribution >= 4 is 29.0 Å². The molecule has 2 fully saturated rings. The molecule has 0 unspecified atom stereocenters. The van der Waals surface area contributed by atoms with Gasteiger partial charge in [0, 0.05) is 43.2 Å². The van der Waals surface area contributed by atoms with Crippen LogP contribution in [0.4, 0.5) is 21.9 Å². The molecule has 34 heavy (non-hydrogen) atoms. The van der Waals surface area contributed by atoms with Crippen molar-refractivity contribution in [1.82, 2.24) is 4.90 Å². The highest BCUT2D eigenvalue weighted by Gasteiger charge is 2.26. The number of amides is 3. The fourth-order valence-corrected chi connectivity index (χ4v) is 5.08. The van der Waals surface area contributed by atoms with Crippen LogP contribution in [0.15, 0.2) is 36.4 Å². The van der Waals surface area contributed by atoms with Gasteiger partial charge in [-0.15, -0.1) is 0 Å². The average molecular weight is 463 g/mol. The molecule has 2 heterocycles. The molecule has 2 aromatic carbocycles. The highest BCUT2D eigenvalue weighted by atomic mass is 16.2. The van der Waals surface area contributed by atoms with E-state index < -0.39 is 0 Å². The molecule has 0 radical (unpaired) electrons. The highest BCUT2D eigenvalue weighted by Crippen LogP contribution is 2.33. The van der Waals surface area contributed by atoms with Gasteiger partial charge in [0.1, 0.15) is 0 Å². The monoisotopic (exact) mass is 462 g/mol. The molecular formula is C28H38N4O2. The van der Waals surface area contributed by atoms with Gasteiger partial charge in [0.15, 0.2) is 0 Å². The number of benzene rings is 2. The number of hydrogen-bond donors (Lipinski definition) is 2. The van der Waals surface area contributed by atoms with Gasteiger partial charge < -0.3 is 20.4 Å². The highest BCUT2D eigenvalue weighted by molar-refractivity contribution is 6.04. The lowest BCUT2D eigenvalue weighted by atomic mass is 9.93. The summed E-state index contributed by atoms with van der Waals surface area (Å²) in [5, 5.41) is 6.10.